The second-order valence-corrected chi connectivity index (χ2v) is 5.74. The fourth-order valence-corrected chi connectivity index (χ4v) is 2.77. The van der Waals surface area contributed by atoms with Gasteiger partial charge < -0.3 is 13.9 Å². The minimum Gasteiger partial charge on any atom is -0.351 e. The normalized spacial score (nSPS) is 17.4. The molecular weight excluding hydrogens is 310 g/mol. The quantitative estimate of drug-likeness (QED) is 0.726. The first-order valence-corrected chi connectivity index (χ1v) is 7.68. The molecular formula is C16H15N5O3. The van der Waals surface area contributed by atoms with E-state index in [9.17, 15) is 4.79 Å². The van der Waals surface area contributed by atoms with Gasteiger partial charge in [-0.2, -0.15) is 4.98 Å². The third kappa shape index (κ3) is 2.66. The summed E-state index contributed by atoms with van der Waals surface area (Å²) >= 11 is 0. The summed E-state index contributed by atoms with van der Waals surface area (Å²) in [5, 5.41) is 7.73. The van der Waals surface area contributed by atoms with E-state index in [0.717, 1.165) is 6.42 Å². The lowest BCUT2D eigenvalue weighted by molar-refractivity contribution is 0.0748. The number of nitrogens with zero attached hydrogens (tertiary/aromatic N) is 5. The summed E-state index contributed by atoms with van der Waals surface area (Å²) in [6.45, 7) is 2.91. The zero-order valence-electron chi connectivity index (χ0n) is 13.0. The fraction of sp³-hybridized carbons (Fsp3) is 0.312. The number of aromatic nitrogens is 4. The van der Waals surface area contributed by atoms with Crippen LogP contribution in [0.2, 0.25) is 0 Å². The maximum Gasteiger partial charge on any atom is 0.292 e. The molecule has 0 spiro atoms. The van der Waals surface area contributed by atoms with E-state index >= 15 is 0 Å². The van der Waals surface area contributed by atoms with Crippen molar-refractivity contribution in [2.45, 2.75) is 19.3 Å². The molecule has 0 aliphatic carbocycles. The Morgan fingerprint density at radius 1 is 1.29 bits per heavy atom. The summed E-state index contributed by atoms with van der Waals surface area (Å²) in [5.41, 5.74) is 1.35. The smallest absolute Gasteiger partial charge is 0.292 e. The maximum absolute atomic E-state index is 12.4. The Bertz CT molecular complexity index is 857. The number of carbonyl (C=O) groups is 1. The Morgan fingerprint density at radius 2 is 2.21 bits per heavy atom. The molecule has 0 radical (unpaired) electrons. The molecule has 0 unspecified atom stereocenters. The standard InChI is InChI=1S/C16H15N5O3/c1-10-8-13(23-19-10)16(22)21-7-5-11(9-21)15-18-14(20-24-15)12-4-2-3-6-17-12/h2-4,6,8,11H,5,7,9H2,1H3/t11-/m1/s1. The second-order valence-electron chi connectivity index (χ2n) is 5.74. The van der Waals surface area contributed by atoms with Crippen LogP contribution < -0.4 is 0 Å². The number of amides is 1. The van der Waals surface area contributed by atoms with Gasteiger partial charge in [0.15, 0.2) is 0 Å². The molecule has 0 aromatic carbocycles. The average Bonchev–Trinajstić information content (AvgIpc) is 3.35. The molecule has 1 aliphatic rings. The molecule has 1 amide bonds. The molecule has 3 aromatic heterocycles. The van der Waals surface area contributed by atoms with Crippen LogP contribution in [0.25, 0.3) is 11.5 Å². The Kier molecular flexibility index (Phi) is 3.56. The van der Waals surface area contributed by atoms with Crippen molar-refractivity contribution in [2.24, 2.45) is 0 Å². The van der Waals surface area contributed by atoms with Gasteiger partial charge >= 0.3 is 0 Å². The highest BCUT2D eigenvalue weighted by atomic mass is 16.5. The van der Waals surface area contributed by atoms with Gasteiger partial charge in [0.05, 0.1) is 11.6 Å². The molecule has 8 heteroatoms. The Morgan fingerprint density at radius 3 is 2.96 bits per heavy atom. The zero-order chi connectivity index (χ0) is 16.5. The first-order valence-electron chi connectivity index (χ1n) is 7.68. The topological polar surface area (TPSA) is 98.2 Å². The minimum atomic E-state index is -0.164. The molecule has 4 heterocycles. The summed E-state index contributed by atoms with van der Waals surface area (Å²) in [5.74, 6) is 1.10. The van der Waals surface area contributed by atoms with E-state index in [1.807, 2.05) is 18.2 Å². The van der Waals surface area contributed by atoms with E-state index in [1.54, 1.807) is 24.1 Å². The van der Waals surface area contributed by atoms with Gasteiger partial charge in [-0.15, -0.1) is 0 Å². The van der Waals surface area contributed by atoms with Crippen LogP contribution in [0.15, 0.2) is 39.5 Å². The number of hydrogen-bond donors (Lipinski definition) is 0. The minimum absolute atomic E-state index is 0.0166. The number of aryl methyl sites for hydroxylation is 1. The number of carbonyl (C=O) groups excluding carboxylic acids is 1. The summed E-state index contributed by atoms with van der Waals surface area (Å²) in [6, 6.07) is 7.16. The van der Waals surface area contributed by atoms with Crippen LogP contribution in [0.1, 0.15) is 34.5 Å². The highest BCUT2D eigenvalue weighted by molar-refractivity contribution is 5.91. The van der Waals surface area contributed by atoms with Crippen LogP contribution in [-0.2, 0) is 0 Å². The summed E-state index contributed by atoms with van der Waals surface area (Å²) < 4.78 is 10.4. The number of rotatable bonds is 3. The van der Waals surface area contributed by atoms with E-state index in [1.165, 1.54) is 0 Å². The van der Waals surface area contributed by atoms with E-state index in [-0.39, 0.29) is 17.6 Å². The van der Waals surface area contributed by atoms with E-state index in [2.05, 4.69) is 20.3 Å². The first-order chi connectivity index (χ1) is 11.7. The molecule has 0 bridgehead atoms. The molecule has 0 saturated carbocycles. The zero-order valence-corrected chi connectivity index (χ0v) is 13.0. The van der Waals surface area contributed by atoms with Gasteiger partial charge in [0.25, 0.3) is 5.91 Å². The number of hydrogen-bond acceptors (Lipinski definition) is 7. The van der Waals surface area contributed by atoms with Gasteiger partial charge in [0.2, 0.25) is 17.5 Å². The van der Waals surface area contributed by atoms with Crippen LogP contribution >= 0.6 is 0 Å². The molecule has 1 fully saturated rings. The third-order valence-electron chi connectivity index (χ3n) is 4.00. The van der Waals surface area contributed by atoms with Crippen molar-refractivity contribution < 1.29 is 13.8 Å². The van der Waals surface area contributed by atoms with Crippen LogP contribution in [0.3, 0.4) is 0 Å². The lowest BCUT2D eigenvalue weighted by atomic mass is 10.1. The van der Waals surface area contributed by atoms with Gasteiger partial charge in [-0.25, -0.2) is 0 Å². The lowest BCUT2D eigenvalue weighted by Crippen LogP contribution is -2.28. The van der Waals surface area contributed by atoms with Crippen molar-refractivity contribution in [1.82, 2.24) is 25.2 Å². The lowest BCUT2D eigenvalue weighted by Gasteiger charge is -2.13. The molecule has 1 saturated heterocycles. The summed E-state index contributed by atoms with van der Waals surface area (Å²) in [4.78, 5) is 22.7. The van der Waals surface area contributed by atoms with Crippen LogP contribution in [0, 0.1) is 6.92 Å². The number of likely N-dealkylation sites (tertiary alicyclic amines) is 1. The summed E-state index contributed by atoms with van der Waals surface area (Å²) in [6.07, 6.45) is 2.45. The maximum atomic E-state index is 12.4. The molecule has 24 heavy (non-hydrogen) atoms. The SMILES string of the molecule is Cc1cc(C(=O)N2CC[C@@H](c3nc(-c4ccccn4)no3)C2)on1. The van der Waals surface area contributed by atoms with Crippen molar-refractivity contribution in [3.05, 3.63) is 47.8 Å². The van der Waals surface area contributed by atoms with Crippen LogP contribution in [0.4, 0.5) is 0 Å². The number of pyridine rings is 1. The second kappa shape index (κ2) is 5.88. The van der Waals surface area contributed by atoms with E-state index < -0.39 is 0 Å². The van der Waals surface area contributed by atoms with Crippen LogP contribution in [0.5, 0.6) is 0 Å². The first kappa shape index (κ1) is 14.6. The van der Waals surface area contributed by atoms with Crippen molar-refractivity contribution in [2.75, 3.05) is 13.1 Å². The van der Waals surface area contributed by atoms with E-state index in [0.29, 0.717) is 36.2 Å². The van der Waals surface area contributed by atoms with Crippen LogP contribution in [-0.4, -0.2) is 44.2 Å². The molecule has 8 nitrogen and oxygen atoms in total. The molecule has 0 N–H and O–H groups in total. The van der Waals surface area contributed by atoms with Crippen molar-refractivity contribution in [1.29, 1.82) is 0 Å². The highest BCUT2D eigenvalue weighted by Gasteiger charge is 2.33. The van der Waals surface area contributed by atoms with Gasteiger partial charge in [-0.05, 0) is 25.5 Å². The molecule has 3 aromatic rings. The van der Waals surface area contributed by atoms with Crippen molar-refractivity contribution in [3.63, 3.8) is 0 Å². The van der Waals surface area contributed by atoms with Gasteiger partial charge in [-0.3, -0.25) is 9.78 Å². The Balaban J connectivity index is 1.47. The average molecular weight is 325 g/mol. The molecule has 4 rings (SSSR count). The fourth-order valence-electron chi connectivity index (χ4n) is 2.77. The largest absolute Gasteiger partial charge is 0.351 e. The van der Waals surface area contributed by atoms with Crippen molar-refractivity contribution >= 4 is 5.91 Å². The molecule has 1 atom stereocenters. The predicted octanol–water partition coefficient (Wildman–Crippen LogP) is 2.06. The third-order valence-corrected chi connectivity index (χ3v) is 4.00. The predicted molar refractivity (Wildman–Crippen MR) is 82.0 cm³/mol. The van der Waals surface area contributed by atoms with Crippen molar-refractivity contribution in [3.8, 4) is 11.5 Å². The summed E-state index contributed by atoms with van der Waals surface area (Å²) in [7, 11) is 0. The van der Waals surface area contributed by atoms with E-state index in [4.69, 9.17) is 9.05 Å². The Hall–Kier alpha value is -3.03. The highest BCUT2D eigenvalue weighted by Crippen LogP contribution is 2.28. The molecule has 1 aliphatic heterocycles. The van der Waals surface area contributed by atoms with Gasteiger partial charge in [0.1, 0.15) is 5.69 Å². The monoisotopic (exact) mass is 325 g/mol. The molecule has 122 valence electrons. The Labute approximate surface area is 137 Å². The van der Waals surface area contributed by atoms with Gasteiger partial charge in [-0.1, -0.05) is 16.4 Å². The van der Waals surface area contributed by atoms with Gasteiger partial charge in [0, 0.05) is 25.4 Å².